The molecule has 5 rings (SSSR count). The number of halogens is 1. The van der Waals surface area contributed by atoms with Crippen LogP contribution in [0.5, 0.6) is 0 Å². The fourth-order valence-corrected chi connectivity index (χ4v) is 5.28. The van der Waals surface area contributed by atoms with Crippen molar-refractivity contribution in [2.75, 3.05) is 17.6 Å². The Morgan fingerprint density at radius 2 is 1.48 bits per heavy atom. The quantitative estimate of drug-likeness (QED) is 0.104. The van der Waals surface area contributed by atoms with Gasteiger partial charge in [-0.05, 0) is 78.4 Å². The van der Waals surface area contributed by atoms with E-state index in [4.69, 9.17) is 0 Å². The van der Waals surface area contributed by atoms with Crippen molar-refractivity contribution in [3.63, 3.8) is 0 Å². The third-order valence-electron chi connectivity index (χ3n) is 6.47. The van der Waals surface area contributed by atoms with Crippen molar-refractivity contribution in [3.05, 3.63) is 137 Å². The van der Waals surface area contributed by atoms with Crippen molar-refractivity contribution < 1.29 is 23.6 Å². The Kier molecular flexibility index (Phi) is 8.89. The molecule has 4 amide bonds. The summed E-state index contributed by atoms with van der Waals surface area (Å²) in [6, 6.07) is 28.1. The average Bonchev–Trinajstić information content (AvgIpc) is 3.25. The Balaban J connectivity index is 1.21. The van der Waals surface area contributed by atoms with Gasteiger partial charge in [0.15, 0.2) is 0 Å². The molecule has 4 aromatic rings. The zero-order valence-corrected chi connectivity index (χ0v) is 23.2. The van der Waals surface area contributed by atoms with Crippen LogP contribution in [0.1, 0.15) is 43.1 Å². The van der Waals surface area contributed by atoms with Gasteiger partial charge in [0, 0.05) is 22.7 Å². The van der Waals surface area contributed by atoms with Gasteiger partial charge in [-0.25, -0.2) is 4.39 Å². The number of hydrogen-bond acceptors (Lipinski definition) is 5. The van der Waals surface area contributed by atoms with Gasteiger partial charge < -0.3 is 10.6 Å². The second-order valence-electron chi connectivity index (χ2n) is 9.42. The van der Waals surface area contributed by atoms with Crippen LogP contribution in [0.4, 0.5) is 10.1 Å². The number of hydrogen-bond donors (Lipinski definition) is 2. The molecule has 0 atom stereocenters. The van der Waals surface area contributed by atoms with Gasteiger partial charge in [0.25, 0.3) is 23.6 Å². The summed E-state index contributed by atoms with van der Waals surface area (Å²) in [5.74, 6) is -1.31. The number of benzene rings is 4. The first-order valence-electron chi connectivity index (χ1n) is 13.2. The molecule has 1 aliphatic rings. The number of thioether (sulfide) groups is 1. The van der Waals surface area contributed by atoms with Gasteiger partial charge in [-0.1, -0.05) is 48.5 Å². The van der Waals surface area contributed by atoms with Crippen LogP contribution in [0.15, 0.2) is 114 Å². The lowest BCUT2D eigenvalue weighted by Crippen LogP contribution is -2.31. The molecule has 42 heavy (non-hydrogen) atoms. The van der Waals surface area contributed by atoms with Gasteiger partial charge in [0.05, 0.1) is 11.1 Å². The van der Waals surface area contributed by atoms with Gasteiger partial charge in [-0.3, -0.25) is 24.1 Å². The van der Waals surface area contributed by atoms with E-state index >= 15 is 0 Å². The predicted molar refractivity (Wildman–Crippen MR) is 161 cm³/mol. The summed E-state index contributed by atoms with van der Waals surface area (Å²) in [4.78, 5) is 53.4. The van der Waals surface area contributed by atoms with Crippen molar-refractivity contribution in [3.8, 4) is 0 Å². The molecule has 2 N–H and O–H groups in total. The second-order valence-corrected chi connectivity index (χ2v) is 10.6. The third kappa shape index (κ3) is 6.82. The summed E-state index contributed by atoms with van der Waals surface area (Å²) >= 11 is 1.53. The van der Waals surface area contributed by atoms with E-state index in [1.54, 1.807) is 72.8 Å². The number of rotatable bonds is 10. The Labute approximate surface area is 246 Å². The fraction of sp³-hybridized carbons (Fsp3) is 0.0909. The first kappa shape index (κ1) is 28.5. The predicted octanol–water partition coefficient (Wildman–Crippen LogP) is 6.01. The number of nitrogens with zero attached hydrogens (tertiary/aromatic N) is 1. The number of imide groups is 1. The van der Waals surface area contributed by atoms with Crippen molar-refractivity contribution in [1.82, 2.24) is 10.2 Å². The van der Waals surface area contributed by atoms with Crippen LogP contribution in [0.2, 0.25) is 0 Å². The molecule has 1 heterocycles. The SMILES string of the molecule is O=C(Nc1cccc(SCCCN2C(=O)c3ccccc3C2=O)c1)/C(=C/c1ccc(F)cc1)NC(=O)c1ccccc1. The summed E-state index contributed by atoms with van der Waals surface area (Å²) in [7, 11) is 0. The maximum Gasteiger partial charge on any atom is 0.272 e. The molecule has 0 radical (unpaired) electrons. The van der Waals surface area contributed by atoms with Gasteiger partial charge in [0.1, 0.15) is 11.5 Å². The number of carbonyl (C=O) groups is 4. The van der Waals surface area contributed by atoms with Crippen molar-refractivity contribution in [2.45, 2.75) is 11.3 Å². The minimum Gasteiger partial charge on any atom is -0.321 e. The van der Waals surface area contributed by atoms with E-state index in [0.717, 1.165) is 4.90 Å². The van der Waals surface area contributed by atoms with Crippen molar-refractivity contribution in [1.29, 1.82) is 0 Å². The maximum atomic E-state index is 13.4. The number of anilines is 1. The smallest absolute Gasteiger partial charge is 0.272 e. The summed E-state index contributed by atoms with van der Waals surface area (Å²) in [6.07, 6.45) is 2.08. The molecule has 4 aromatic carbocycles. The Morgan fingerprint density at radius 3 is 2.17 bits per heavy atom. The molecule has 0 fully saturated rings. The molecule has 7 nitrogen and oxygen atoms in total. The number of fused-ring (bicyclic) bond motifs is 1. The fourth-order valence-electron chi connectivity index (χ4n) is 4.39. The van der Waals surface area contributed by atoms with E-state index in [-0.39, 0.29) is 17.5 Å². The lowest BCUT2D eigenvalue weighted by atomic mass is 10.1. The first-order chi connectivity index (χ1) is 20.4. The highest BCUT2D eigenvalue weighted by atomic mass is 32.2. The molecule has 0 bridgehead atoms. The van der Waals surface area contributed by atoms with Crippen LogP contribution in [0.25, 0.3) is 6.08 Å². The topological polar surface area (TPSA) is 95.6 Å². The lowest BCUT2D eigenvalue weighted by molar-refractivity contribution is -0.113. The van der Waals surface area contributed by atoms with E-state index in [1.807, 2.05) is 6.07 Å². The van der Waals surface area contributed by atoms with Crippen LogP contribution in [-0.2, 0) is 4.79 Å². The molecule has 9 heteroatoms. The molecule has 0 saturated carbocycles. The summed E-state index contributed by atoms with van der Waals surface area (Å²) < 4.78 is 13.4. The summed E-state index contributed by atoms with van der Waals surface area (Å²) in [5.41, 5.74) is 2.31. The number of nitrogens with one attached hydrogen (secondary N) is 2. The summed E-state index contributed by atoms with van der Waals surface area (Å²) in [6.45, 7) is 0.314. The minimum absolute atomic E-state index is 0.00513. The molecule has 0 spiro atoms. The third-order valence-corrected chi connectivity index (χ3v) is 7.55. The van der Waals surface area contributed by atoms with Crippen LogP contribution in [-0.4, -0.2) is 40.8 Å². The van der Waals surface area contributed by atoms with E-state index in [2.05, 4.69) is 10.6 Å². The highest BCUT2D eigenvalue weighted by Gasteiger charge is 2.34. The molecule has 0 aromatic heterocycles. The molecule has 0 aliphatic carbocycles. The standard InChI is InChI=1S/C33H26FN3O4S/c34-24-16-14-22(15-17-24)20-29(36-30(38)23-8-2-1-3-9-23)31(39)35-25-10-6-11-26(21-25)42-19-7-18-37-32(40)27-12-4-5-13-28(27)33(37)41/h1-6,8-17,20-21H,7,18-19H2,(H,35,39)(H,36,38)/b29-20-. The molecule has 0 unspecified atom stereocenters. The lowest BCUT2D eigenvalue weighted by Gasteiger charge is -2.14. The van der Waals surface area contributed by atoms with E-state index < -0.39 is 17.6 Å². The zero-order valence-electron chi connectivity index (χ0n) is 22.4. The van der Waals surface area contributed by atoms with Crippen LogP contribution in [0.3, 0.4) is 0 Å². The van der Waals surface area contributed by atoms with Crippen LogP contribution >= 0.6 is 11.8 Å². The molecular weight excluding hydrogens is 553 g/mol. The molecular formula is C33H26FN3O4S. The zero-order chi connectivity index (χ0) is 29.5. The normalized spacial score (nSPS) is 12.7. The van der Waals surface area contributed by atoms with Crippen LogP contribution in [0, 0.1) is 5.82 Å². The maximum absolute atomic E-state index is 13.4. The second kappa shape index (κ2) is 13.1. The Morgan fingerprint density at radius 1 is 0.810 bits per heavy atom. The van der Waals surface area contributed by atoms with Gasteiger partial charge in [0.2, 0.25) is 0 Å². The largest absolute Gasteiger partial charge is 0.321 e. The monoisotopic (exact) mass is 579 g/mol. The Bertz CT molecular complexity index is 1640. The highest BCUT2D eigenvalue weighted by Crippen LogP contribution is 2.25. The number of carbonyl (C=O) groups excluding carboxylic acids is 4. The van der Waals surface area contributed by atoms with E-state index in [1.165, 1.54) is 47.0 Å². The van der Waals surface area contributed by atoms with Gasteiger partial charge in [-0.2, -0.15) is 0 Å². The number of amides is 4. The van der Waals surface area contributed by atoms with Crippen LogP contribution < -0.4 is 10.6 Å². The average molecular weight is 580 g/mol. The Hall–Kier alpha value is -5.02. The van der Waals surface area contributed by atoms with Gasteiger partial charge >= 0.3 is 0 Å². The van der Waals surface area contributed by atoms with Gasteiger partial charge in [-0.15, -0.1) is 11.8 Å². The summed E-state index contributed by atoms with van der Waals surface area (Å²) in [5, 5.41) is 5.49. The van der Waals surface area contributed by atoms with Crippen molar-refractivity contribution in [2.24, 2.45) is 0 Å². The molecule has 0 saturated heterocycles. The highest BCUT2D eigenvalue weighted by molar-refractivity contribution is 7.99. The molecule has 210 valence electrons. The van der Waals surface area contributed by atoms with E-state index in [0.29, 0.717) is 46.7 Å². The first-order valence-corrected chi connectivity index (χ1v) is 14.2. The van der Waals surface area contributed by atoms with E-state index in [9.17, 15) is 23.6 Å². The minimum atomic E-state index is -0.545. The van der Waals surface area contributed by atoms with Crippen molar-refractivity contribution >= 4 is 47.2 Å². The molecule has 1 aliphatic heterocycles.